The van der Waals surface area contributed by atoms with Gasteiger partial charge in [-0.15, -0.1) is 0 Å². The predicted octanol–water partition coefficient (Wildman–Crippen LogP) is 5.87. The molecule has 0 N–H and O–H groups in total. The zero-order valence-corrected chi connectivity index (χ0v) is 17.8. The average Bonchev–Trinajstić information content (AvgIpc) is 2.73. The number of aryl methyl sites for hydroxylation is 1. The number of halogens is 4. The predicted molar refractivity (Wildman–Crippen MR) is 111 cm³/mol. The summed E-state index contributed by atoms with van der Waals surface area (Å²) in [6, 6.07) is 14.9. The third-order valence-electron chi connectivity index (χ3n) is 4.48. The van der Waals surface area contributed by atoms with Crippen LogP contribution in [-0.4, -0.2) is 21.7 Å². The van der Waals surface area contributed by atoms with Crippen molar-refractivity contribution in [3.05, 3.63) is 101 Å². The lowest BCUT2D eigenvalue weighted by molar-refractivity contribution is -0.114. The van der Waals surface area contributed by atoms with Gasteiger partial charge in [-0.25, -0.2) is 4.39 Å². The molecule has 3 aromatic carbocycles. The van der Waals surface area contributed by atoms with Crippen molar-refractivity contribution in [1.29, 1.82) is 0 Å². The molecular weight excluding hydrogens is 448 g/mol. The molecule has 168 valence electrons. The highest BCUT2D eigenvalue weighted by Gasteiger charge is 2.43. The lowest BCUT2D eigenvalue weighted by Gasteiger charge is -2.19. The summed E-state index contributed by atoms with van der Waals surface area (Å²) in [5.74, 6) is -2.21. The van der Waals surface area contributed by atoms with E-state index in [1.54, 1.807) is 6.92 Å². The van der Waals surface area contributed by atoms with Crippen molar-refractivity contribution in [2.24, 2.45) is 0 Å². The number of alkyl halides is 3. The number of methoxy groups -OCH3 is 1. The molecule has 32 heavy (non-hydrogen) atoms. The van der Waals surface area contributed by atoms with Gasteiger partial charge in [0.05, 0.1) is 7.11 Å². The lowest BCUT2D eigenvalue weighted by atomic mass is 9.96. The van der Waals surface area contributed by atoms with Gasteiger partial charge in [0.2, 0.25) is 5.76 Å². The van der Waals surface area contributed by atoms with Crippen molar-refractivity contribution in [1.82, 2.24) is 0 Å². The SMILES string of the molecule is COc1ccc(/C(=C(\OS(=O)(=O)c2ccc(C)cc2)C(F)(F)F)c2cccc(F)c2)cc1. The van der Waals surface area contributed by atoms with E-state index in [0.717, 1.165) is 24.3 Å². The molecular formula is C23H18F4O4S. The fourth-order valence-corrected chi connectivity index (χ4v) is 3.89. The fourth-order valence-electron chi connectivity index (χ4n) is 2.92. The van der Waals surface area contributed by atoms with E-state index >= 15 is 0 Å². The Hall–Kier alpha value is -3.33. The van der Waals surface area contributed by atoms with Crippen LogP contribution in [0.5, 0.6) is 5.75 Å². The molecule has 0 aliphatic heterocycles. The molecule has 3 rings (SSSR count). The normalized spacial score (nSPS) is 12.8. The summed E-state index contributed by atoms with van der Waals surface area (Å²) in [5, 5.41) is 0. The maximum atomic E-state index is 14.1. The first kappa shape index (κ1) is 23.3. The van der Waals surface area contributed by atoms with Gasteiger partial charge < -0.3 is 8.92 Å². The molecule has 0 amide bonds. The molecule has 0 saturated heterocycles. The number of ether oxygens (including phenoxy) is 1. The van der Waals surface area contributed by atoms with Crippen LogP contribution in [0.4, 0.5) is 17.6 Å². The maximum absolute atomic E-state index is 14.1. The third-order valence-corrected chi connectivity index (χ3v) is 5.71. The molecule has 0 aromatic heterocycles. The van der Waals surface area contributed by atoms with Crippen LogP contribution >= 0.6 is 0 Å². The zero-order chi connectivity index (χ0) is 23.5. The minimum absolute atomic E-state index is 0.0390. The second kappa shape index (κ2) is 9.04. The molecule has 0 unspecified atom stereocenters. The van der Waals surface area contributed by atoms with E-state index in [0.29, 0.717) is 11.3 Å². The van der Waals surface area contributed by atoms with E-state index in [2.05, 4.69) is 4.18 Å². The quantitative estimate of drug-likeness (QED) is 0.259. The van der Waals surface area contributed by atoms with E-state index in [1.165, 1.54) is 55.6 Å². The molecule has 0 saturated carbocycles. The summed E-state index contributed by atoms with van der Waals surface area (Å²) in [4.78, 5) is -0.446. The number of hydrogen-bond acceptors (Lipinski definition) is 4. The van der Waals surface area contributed by atoms with Gasteiger partial charge in [0, 0.05) is 5.57 Å². The Morgan fingerprint density at radius 3 is 2.03 bits per heavy atom. The van der Waals surface area contributed by atoms with Gasteiger partial charge in [-0.05, 0) is 54.4 Å². The highest BCUT2D eigenvalue weighted by molar-refractivity contribution is 7.86. The van der Waals surface area contributed by atoms with E-state index in [1.807, 2.05) is 0 Å². The van der Waals surface area contributed by atoms with Crippen molar-refractivity contribution < 1.29 is 34.9 Å². The molecule has 0 aliphatic carbocycles. The third kappa shape index (κ3) is 5.28. The van der Waals surface area contributed by atoms with Gasteiger partial charge in [0.25, 0.3) is 0 Å². The number of rotatable bonds is 6. The first-order valence-corrected chi connectivity index (χ1v) is 10.6. The Morgan fingerprint density at radius 1 is 0.875 bits per heavy atom. The molecule has 3 aromatic rings. The average molecular weight is 466 g/mol. The van der Waals surface area contributed by atoms with Gasteiger partial charge in [-0.3, -0.25) is 0 Å². The molecule has 0 heterocycles. The molecule has 0 spiro atoms. The van der Waals surface area contributed by atoms with Gasteiger partial charge in [0.15, 0.2) is 0 Å². The van der Waals surface area contributed by atoms with Crippen LogP contribution < -0.4 is 4.74 Å². The van der Waals surface area contributed by atoms with E-state index in [4.69, 9.17) is 4.74 Å². The first-order valence-electron chi connectivity index (χ1n) is 9.24. The molecule has 0 radical (unpaired) electrons. The Kier molecular flexibility index (Phi) is 6.59. The summed E-state index contributed by atoms with van der Waals surface area (Å²) < 4.78 is 91.3. The van der Waals surface area contributed by atoms with Gasteiger partial charge in [-0.1, -0.05) is 42.0 Å². The van der Waals surface area contributed by atoms with Crippen LogP contribution in [0.25, 0.3) is 5.57 Å². The Bertz CT molecular complexity index is 1230. The minimum Gasteiger partial charge on any atom is -0.497 e. The van der Waals surface area contributed by atoms with Crippen molar-refractivity contribution in [3.8, 4) is 5.75 Å². The van der Waals surface area contributed by atoms with Gasteiger partial charge in [0.1, 0.15) is 16.5 Å². The standard InChI is InChI=1S/C23H18F4O4S/c1-15-6-12-20(13-7-15)32(28,29)31-22(23(25,26)27)21(17-4-3-5-18(24)14-17)16-8-10-19(30-2)11-9-16/h3-14H,1-2H3/b22-21+. The first-order chi connectivity index (χ1) is 15.0. The zero-order valence-electron chi connectivity index (χ0n) is 17.0. The summed E-state index contributed by atoms with van der Waals surface area (Å²) in [5.41, 5.74) is -0.158. The second-order valence-electron chi connectivity index (χ2n) is 6.79. The smallest absolute Gasteiger partial charge is 0.451 e. The molecule has 4 nitrogen and oxygen atoms in total. The summed E-state index contributed by atoms with van der Waals surface area (Å²) in [7, 11) is -3.45. The molecule has 0 bridgehead atoms. The van der Waals surface area contributed by atoms with Crippen LogP contribution in [0.3, 0.4) is 0 Å². The summed E-state index contributed by atoms with van der Waals surface area (Å²) in [6.07, 6.45) is -5.21. The monoisotopic (exact) mass is 466 g/mol. The lowest BCUT2D eigenvalue weighted by Crippen LogP contribution is -2.21. The minimum atomic E-state index is -5.21. The highest BCUT2D eigenvalue weighted by atomic mass is 32.2. The molecule has 0 fully saturated rings. The van der Waals surface area contributed by atoms with Crippen molar-refractivity contribution >= 4 is 15.7 Å². The van der Waals surface area contributed by atoms with Crippen LogP contribution in [0.2, 0.25) is 0 Å². The largest absolute Gasteiger partial charge is 0.497 e. The Labute approximate surface area is 182 Å². The number of benzene rings is 3. The second-order valence-corrected chi connectivity index (χ2v) is 8.34. The Balaban J connectivity index is 2.27. The highest BCUT2D eigenvalue weighted by Crippen LogP contribution is 2.39. The number of hydrogen-bond donors (Lipinski definition) is 0. The summed E-state index contributed by atoms with van der Waals surface area (Å²) in [6.45, 7) is 1.70. The van der Waals surface area contributed by atoms with E-state index in [9.17, 15) is 26.0 Å². The molecule has 0 aliphatic rings. The van der Waals surface area contributed by atoms with Gasteiger partial charge >= 0.3 is 16.3 Å². The van der Waals surface area contributed by atoms with E-state index in [-0.39, 0.29) is 11.1 Å². The topological polar surface area (TPSA) is 52.6 Å². The van der Waals surface area contributed by atoms with Crippen molar-refractivity contribution in [2.45, 2.75) is 18.0 Å². The van der Waals surface area contributed by atoms with Crippen molar-refractivity contribution in [3.63, 3.8) is 0 Å². The van der Waals surface area contributed by atoms with Crippen LogP contribution in [0, 0.1) is 12.7 Å². The van der Waals surface area contributed by atoms with Crippen molar-refractivity contribution in [2.75, 3.05) is 7.11 Å². The van der Waals surface area contributed by atoms with Crippen LogP contribution in [0.1, 0.15) is 16.7 Å². The van der Waals surface area contributed by atoms with Crippen LogP contribution in [-0.2, 0) is 14.3 Å². The van der Waals surface area contributed by atoms with Crippen LogP contribution in [0.15, 0.2) is 83.5 Å². The van der Waals surface area contributed by atoms with Gasteiger partial charge in [-0.2, -0.15) is 21.6 Å². The number of allylic oxidation sites excluding steroid dienone is 1. The summed E-state index contributed by atoms with van der Waals surface area (Å²) >= 11 is 0. The Morgan fingerprint density at radius 2 is 1.50 bits per heavy atom. The fraction of sp³-hybridized carbons (Fsp3) is 0.130. The maximum Gasteiger partial charge on any atom is 0.451 e. The molecule has 9 heteroatoms. The molecule has 0 atom stereocenters. The van der Waals surface area contributed by atoms with E-state index < -0.39 is 38.3 Å².